The minimum Gasteiger partial charge on any atom is -0.356 e. The molecule has 1 unspecified atom stereocenters. The summed E-state index contributed by atoms with van der Waals surface area (Å²) in [5, 5.41) is 11.5. The molecule has 4 amide bonds. The first-order valence-electron chi connectivity index (χ1n) is 12.7. The van der Waals surface area contributed by atoms with Gasteiger partial charge in [-0.25, -0.2) is 0 Å². The zero-order chi connectivity index (χ0) is 28.0. The Bertz CT molecular complexity index is 1130. The lowest BCUT2D eigenvalue weighted by Crippen LogP contribution is -2.55. The van der Waals surface area contributed by atoms with Crippen LogP contribution in [0.4, 0.5) is 0 Å². The van der Waals surface area contributed by atoms with Crippen LogP contribution in [0.15, 0.2) is 24.3 Å². The highest BCUT2D eigenvalue weighted by Crippen LogP contribution is 2.24. The maximum atomic E-state index is 13.4. The molecule has 0 spiro atoms. The van der Waals surface area contributed by atoms with Crippen LogP contribution in [0.2, 0.25) is 10.0 Å². The molecule has 206 valence electrons. The van der Waals surface area contributed by atoms with Crippen LogP contribution in [0.5, 0.6) is 0 Å². The van der Waals surface area contributed by atoms with Crippen LogP contribution in [0.25, 0.3) is 6.08 Å². The number of carbonyl (C=O) groups is 5. The largest absolute Gasteiger partial charge is 0.356 e. The summed E-state index contributed by atoms with van der Waals surface area (Å²) in [5.74, 6) is -3.45. The van der Waals surface area contributed by atoms with Gasteiger partial charge >= 0.3 is 0 Å². The lowest BCUT2D eigenvalue weighted by atomic mass is 9.87. The van der Waals surface area contributed by atoms with Gasteiger partial charge in [0.25, 0.3) is 5.91 Å². The van der Waals surface area contributed by atoms with Gasteiger partial charge < -0.3 is 21.3 Å². The third kappa shape index (κ3) is 9.13. The molecule has 3 atom stereocenters. The van der Waals surface area contributed by atoms with E-state index in [0.717, 1.165) is 12.8 Å². The smallest absolute Gasteiger partial charge is 0.289 e. The fourth-order valence-corrected chi connectivity index (χ4v) is 4.62. The van der Waals surface area contributed by atoms with E-state index in [-0.39, 0.29) is 30.2 Å². The zero-order valence-corrected chi connectivity index (χ0v) is 23.2. The summed E-state index contributed by atoms with van der Waals surface area (Å²) in [6.45, 7) is 6.21. The van der Waals surface area contributed by atoms with Crippen LogP contribution < -0.4 is 21.3 Å². The summed E-state index contributed by atoms with van der Waals surface area (Å²) in [5.41, 5.74) is 0.220. The number of Topliss-reactive ketones (excluding diaryl/α,β-unsaturated/α-hetero) is 1. The summed E-state index contributed by atoms with van der Waals surface area (Å²) in [4.78, 5) is 63.8. The van der Waals surface area contributed by atoms with Crippen LogP contribution >= 0.6 is 23.2 Å². The Hall–Kier alpha value is -2.91. The van der Waals surface area contributed by atoms with Gasteiger partial charge in [-0.2, -0.15) is 0 Å². The van der Waals surface area contributed by atoms with Gasteiger partial charge in [0.05, 0.1) is 6.04 Å². The molecule has 38 heavy (non-hydrogen) atoms. The van der Waals surface area contributed by atoms with Crippen molar-refractivity contribution in [2.75, 3.05) is 6.54 Å². The first kappa shape index (κ1) is 29.6. The van der Waals surface area contributed by atoms with E-state index in [1.54, 1.807) is 18.2 Å². The second-order valence-electron chi connectivity index (χ2n) is 11.0. The first-order chi connectivity index (χ1) is 17.8. The maximum absolute atomic E-state index is 13.4. The van der Waals surface area contributed by atoms with Crippen LogP contribution in [-0.2, 0) is 24.0 Å². The van der Waals surface area contributed by atoms with Crippen LogP contribution in [0.3, 0.4) is 0 Å². The van der Waals surface area contributed by atoms with Crippen LogP contribution in [0, 0.1) is 11.3 Å². The van der Waals surface area contributed by atoms with Crippen molar-refractivity contribution in [3.05, 3.63) is 39.9 Å². The molecule has 1 aliphatic heterocycles. The fourth-order valence-electron chi connectivity index (χ4n) is 4.14. The number of carbonyl (C=O) groups excluding carboxylic acids is 5. The Morgan fingerprint density at radius 2 is 1.79 bits per heavy atom. The standard InChI is InChI=1S/C27H34Cl2N4O5/c1-27(2,3)14-21(32-22(34)9-5-15-4-6-17(28)13-19(15)29)25(37)33-20(12-16-10-11-30-24(16)36)23(35)26(38)31-18-7-8-18/h4-6,9,13,16,18,20-21H,7-8,10-12,14H2,1-3H3,(H,30,36)(H,31,38)(H,32,34)(H,33,37)/b9-5+/t16-,20?,21-/m0/s1. The molecular weight excluding hydrogens is 531 g/mol. The average molecular weight is 565 g/mol. The van der Waals surface area contributed by atoms with E-state index in [1.165, 1.54) is 12.2 Å². The minimum absolute atomic E-state index is 0.000351. The Morgan fingerprint density at radius 1 is 1.08 bits per heavy atom. The van der Waals surface area contributed by atoms with E-state index in [4.69, 9.17) is 23.2 Å². The highest BCUT2D eigenvalue weighted by Gasteiger charge is 2.37. The van der Waals surface area contributed by atoms with Crippen LogP contribution in [0.1, 0.15) is 58.4 Å². The Morgan fingerprint density at radius 3 is 2.37 bits per heavy atom. The molecule has 2 fully saturated rings. The van der Waals surface area contributed by atoms with E-state index in [1.807, 2.05) is 20.8 Å². The van der Waals surface area contributed by atoms with Gasteiger partial charge in [0, 0.05) is 34.6 Å². The van der Waals surface area contributed by atoms with Crippen molar-refractivity contribution in [2.45, 2.75) is 71.0 Å². The van der Waals surface area contributed by atoms with Gasteiger partial charge in [0.15, 0.2) is 0 Å². The summed E-state index contributed by atoms with van der Waals surface area (Å²) in [6.07, 6.45) is 5.13. The molecule has 1 aliphatic carbocycles. The molecule has 1 saturated carbocycles. The van der Waals surface area contributed by atoms with Crippen molar-refractivity contribution >= 4 is 58.7 Å². The molecule has 3 rings (SSSR count). The van der Waals surface area contributed by atoms with Crippen molar-refractivity contribution in [1.82, 2.24) is 21.3 Å². The van der Waals surface area contributed by atoms with E-state index in [9.17, 15) is 24.0 Å². The molecule has 1 aromatic carbocycles. The highest BCUT2D eigenvalue weighted by molar-refractivity contribution is 6.38. The molecule has 0 radical (unpaired) electrons. The Kier molecular flexibility index (Phi) is 9.95. The maximum Gasteiger partial charge on any atom is 0.289 e. The second kappa shape index (κ2) is 12.8. The SMILES string of the molecule is CC(C)(C)C[C@H](NC(=O)/C=C/c1ccc(Cl)cc1Cl)C(=O)NC(C[C@@H]1CCNC1=O)C(=O)C(=O)NC1CC1. The predicted molar refractivity (Wildman–Crippen MR) is 145 cm³/mol. The van der Waals surface area contributed by atoms with E-state index >= 15 is 0 Å². The quantitative estimate of drug-likeness (QED) is 0.242. The molecule has 9 nitrogen and oxygen atoms in total. The number of hydrogen-bond acceptors (Lipinski definition) is 5. The second-order valence-corrected chi connectivity index (χ2v) is 11.9. The third-order valence-corrected chi connectivity index (χ3v) is 6.84. The van der Waals surface area contributed by atoms with E-state index in [2.05, 4.69) is 21.3 Å². The topological polar surface area (TPSA) is 133 Å². The normalized spacial score (nSPS) is 19.0. The average Bonchev–Trinajstić information content (AvgIpc) is 3.55. The minimum atomic E-state index is -1.20. The molecule has 1 saturated heterocycles. The summed E-state index contributed by atoms with van der Waals surface area (Å²) >= 11 is 12.1. The van der Waals surface area contributed by atoms with Crippen molar-refractivity contribution in [3.63, 3.8) is 0 Å². The first-order valence-corrected chi connectivity index (χ1v) is 13.4. The molecule has 1 aromatic rings. The molecule has 11 heteroatoms. The number of benzene rings is 1. The molecule has 1 heterocycles. The van der Waals surface area contributed by atoms with Crippen molar-refractivity contribution in [2.24, 2.45) is 11.3 Å². The number of amides is 4. The number of hydrogen-bond donors (Lipinski definition) is 4. The molecule has 4 N–H and O–H groups in total. The van der Waals surface area contributed by atoms with Gasteiger partial charge in [-0.1, -0.05) is 50.0 Å². The van der Waals surface area contributed by atoms with Gasteiger partial charge in [0.1, 0.15) is 6.04 Å². The van der Waals surface area contributed by atoms with Gasteiger partial charge in [-0.15, -0.1) is 0 Å². The monoisotopic (exact) mass is 564 g/mol. The van der Waals surface area contributed by atoms with Gasteiger partial charge in [0.2, 0.25) is 23.5 Å². The van der Waals surface area contributed by atoms with Crippen LogP contribution in [-0.4, -0.2) is 54.1 Å². The van der Waals surface area contributed by atoms with Crippen molar-refractivity contribution in [1.29, 1.82) is 0 Å². The lowest BCUT2D eigenvalue weighted by Gasteiger charge is -2.28. The van der Waals surface area contributed by atoms with Crippen molar-refractivity contribution in [3.8, 4) is 0 Å². The number of rotatable bonds is 11. The highest BCUT2D eigenvalue weighted by atomic mass is 35.5. The number of ketones is 1. The number of nitrogens with one attached hydrogen (secondary N) is 4. The van der Waals surface area contributed by atoms with E-state index in [0.29, 0.717) is 28.6 Å². The summed E-state index contributed by atoms with van der Waals surface area (Å²) in [6, 6.07) is 2.63. The molecule has 0 aromatic heterocycles. The molecular formula is C27H34Cl2N4O5. The van der Waals surface area contributed by atoms with Gasteiger partial charge in [-0.05, 0) is 61.3 Å². The molecule has 0 bridgehead atoms. The lowest BCUT2D eigenvalue weighted by molar-refractivity contribution is -0.141. The van der Waals surface area contributed by atoms with Crippen molar-refractivity contribution < 1.29 is 24.0 Å². The fraction of sp³-hybridized carbons (Fsp3) is 0.519. The Labute approximate surface area is 232 Å². The summed E-state index contributed by atoms with van der Waals surface area (Å²) in [7, 11) is 0. The zero-order valence-electron chi connectivity index (χ0n) is 21.7. The van der Waals surface area contributed by atoms with E-state index < -0.39 is 41.5 Å². The van der Waals surface area contributed by atoms with Gasteiger partial charge in [-0.3, -0.25) is 24.0 Å². The Balaban J connectivity index is 1.74. The number of halogens is 2. The third-order valence-electron chi connectivity index (χ3n) is 6.28. The summed E-state index contributed by atoms with van der Waals surface area (Å²) < 4.78 is 0. The molecule has 2 aliphatic rings. The predicted octanol–water partition coefficient (Wildman–Crippen LogP) is 2.79.